The number of halogens is 1. The molecule has 0 aliphatic heterocycles. The molecule has 8 nitrogen and oxygen atoms in total. The molecule has 4 aliphatic rings. The number of carbonyl (C=O) groups is 4. The molecule has 0 spiro atoms. The number of aliphatic carboxylic acids is 1. The van der Waals surface area contributed by atoms with Gasteiger partial charge in [-0.2, -0.15) is 0 Å². The van der Waals surface area contributed by atoms with E-state index in [2.05, 4.69) is 58.8 Å². The molecule has 4 aliphatic carbocycles. The van der Waals surface area contributed by atoms with Crippen molar-refractivity contribution >= 4 is 35.2 Å². The van der Waals surface area contributed by atoms with Crippen LogP contribution in [-0.4, -0.2) is 39.8 Å². The number of rotatable bonds is 10. The second-order valence-electron chi connectivity index (χ2n) is 19.5. The van der Waals surface area contributed by atoms with Crippen LogP contribution >= 0.6 is 11.6 Å². The lowest BCUT2D eigenvalue weighted by atomic mass is 9.33. The van der Waals surface area contributed by atoms with Crippen molar-refractivity contribution in [3.8, 4) is 0 Å². The molecule has 9 heteroatoms. The highest BCUT2D eigenvalue weighted by molar-refractivity contribution is 6.30. The molecular weight excluding hydrogens is 700 g/mol. The molecule has 4 fully saturated rings. The first-order valence-corrected chi connectivity index (χ1v) is 20.6. The maximum absolute atomic E-state index is 13.5. The zero-order valence-electron chi connectivity index (χ0n) is 34.6. The van der Waals surface area contributed by atoms with Crippen molar-refractivity contribution in [2.24, 2.45) is 56.7 Å². The van der Waals surface area contributed by atoms with Gasteiger partial charge in [0.2, 0.25) is 5.91 Å². The van der Waals surface area contributed by atoms with E-state index in [1.54, 1.807) is 39.1 Å². The standard InChI is InChI=1S/C45H65ClN2O6/c1-26(2)38(28(4)49)39-29(12-17-36(50)48-27(3)32-15-13-30(46)25-47-32)18-22-44(10)31(39)14-16-34-43(9)21-20-35(54-37(51)24-41(5,6)40(52)53)42(7,8)33(43)19-23-45(34,44)11/h12-13,15,17,25-27,29,31,33-35H,14,16,18-24H2,1-11H3,(H,48,50)(H,52,53). The number of carbonyl (C=O) groups excluding carboxylic acids is 3. The highest BCUT2D eigenvalue weighted by Crippen LogP contribution is 2.75. The molecule has 298 valence electrons. The van der Waals surface area contributed by atoms with Gasteiger partial charge >= 0.3 is 11.9 Å². The third-order valence-electron chi connectivity index (χ3n) is 15.3. The number of hydrogen-bond donors (Lipinski definition) is 2. The fourth-order valence-electron chi connectivity index (χ4n) is 12.3. The zero-order chi connectivity index (χ0) is 40.2. The van der Waals surface area contributed by atoms with E-state index >= 15 is 0 Å². The minimum absolute atomic E-state index is 0.00123. The van der Waals surface area contributed by atoms with E-state index in [-0.39, 0.29) is 69.7 Å². The van der Waals surface area contributed by atoms with Gasteiger partial charge in [0, 0.05) is 11.6 Å². The number of pyridine rings is 1. The molecule has 4 saturated carbocycles. The summed E-state index contributed by atoms with van der Waals surface area (Å²) in [6.07, 6.45) is 12.7. The third kappa shape index (κ3) is 7.46. The number of ketones is 1. The number of hydrogen-bond acceptors (Lipinski definition) is 6. The number of aromatic nitrogens is 1. The fraction of sp³-hybridized carbons (Fsp3) is 0.711. The predicted octanol–water partition coefficient (Wildman–Crippen LogP) is 10.1. The predicted molar refractivity (Wildman–Crippen MR) is 212 cm³/mol. The highest BCUT2D eigenvalue weighted by Gasteiger charge is 2.68. The fourth-order valence-corrected chi connectivity index (χ4v) is 12.4. The topological polar surface area (TPSA) is 123 Å². The Morgan fingerprint density at radius 1 is 0.963 bits per heavy atom. The van der Waals surface area contributed by atoms with E-state index in [9.17, 15) is 24.3 Å². The third-order valence-corrected chi connectivity index (χ3v) is 15.5. The van der Waals surface area contributed by atoms with Crippen molar-refractivity contribution in [3.63, 3.8) is 0 Å². The lowest BCUT2D eigenvalue weighted by Crippen LogP contribution is -2.65. The SMILES string of the molecule is CC(=O)C(=C1C(C=CC(=O)NC(C)c2ccc(Cl)cn2)CCC2(C)C1CCC1C3(C)CCC(OC(=O)CC(C)(C)C(=O)O)C(C)(C)C3CCC12C)C(C)C. The number of amides is 1. The van der Waals surface area contributed by atoms with Crippen LogP contribution in [0.5, 0.6) is 0 Å². The first kappa shape index (κ1) is 42.1. The number of esters is 1. The Bertz CT molecular complexity index is 1700. The maximum Gasteiger partial charge on any atom is 0.309 e. The van der Waals surface area contributed by atoms with Crippen LogP contribution in [0.25, 0.3) is 0 Å². The molecule has 9 unspecified atom stereocenters. The van der Waals surface area contributed by atoms with Gasteiger partial charge in [0.25, 0.3) is 0 Å². The normalized spacial score (nSPS) is 34.9. The van der Waals surface area contributed by atoms with Gasteiger partial charge in [0.05, 0.1) is 28.6 Å². The van der Waals surface area contributed by atoms with Crippen molar-refractivity contribution < 1.29 is 29.0 Å². The molecule has 5 rings (SSSR count). The van der Waals surface area contributed by atoms with Crippen molar-refractivity contribution in [2.75, 3.05) is 0 Å². The zero-order valence-corrected chi connectivity index (χ0v) is 35.4. The molecule has 1 heterocycles. The van der Waals surface area contributed by atoms with Gasteiger partial charge in [0.1, 0.15) is 6.10 Å². The Morgan fingerprint density at radius 2 is 1.63 bits per heavy atom. The van der Waals surface area contributed by atoms with Crippen LogP contribution in [0.3, 0.4) is 0 Å². The van der Waals surface area contributed by atoms with E-state index < -0.39 is 17.4 Å². The summed E-state index contributed by atoms with van der Waals surface area (Å²) in [7, 11) is 0. The number of carboxylic acid groups (broad SMARTS) is 1. The minimum Gasteiger partial charge on any atom is -0.481 e. The Kier molecular flexibility index (Phi) is 11.8. The van der Waals surface area contributed by atoms with Gasteiger partial charge in [-0.05, 0) is 149 Å². The maximum atomic E-state index is 13.5. The molecule has 0 radical (unpaired) electrons. The van der Waals surface area contributed by atoms with Gasteiger partial charge in [-0.3, -0.25) is 24.2 Å². The molecule has 1 aromatic rings. The summed E-state index contributed by atoms with van der Waals surface area (Å²) in [5, 5.41) is 13.2. The average molecular weight is 765 g/mol. The quantitative estimate of drug-likeness (QED) is 0.180. The highest BCUT2D eigenvalue weighted by atomic mass is 35.5. The summed E-state index contributed by atoms with van der Waals surface area (Å²) in [4.78, 5) is 56.0. The van der Waals surface area contributed by atoms with Crippen LogP contribution in [0.2, 0.25) is 5.02 Å². The molecule has 9 atom stereocenters. The number of allylic oxidation sites excluding steroid dienone is 3. The van der Waals surface area contributed by atoms with Crippen LogP contribution < -0.4 is 5.32 Å². The minimum atomic E-state index is -1.17. The summed E-state index contributed by atoms with van der Waals surface area (Å²) in [5.74, 6) is -0.374. The van der Waals surface area contributed by atoms with Crippen LogP contribution in [0, 0.1) is 56.7 Å². The second kappa shape index (κ2) is 15.2. The number of ether oxygens (including phenoxy) is 1. The number of fused-ring (bicyclic) bond motifs is 5. The molecule has 0 saturated heterocycles. The summed E-state index contributed by atoms with van der Waals surface area (Å²) < 4.78 is 6.16. The van der Waals surface area contributed by atoms with Gasteiger partial charge in [-0.25, -0.2) is 0 Å². The summed E-state index contributed by atoms with van der Waals surface area (Å²) in [6.45, 7) is 23.1. The summed E-state index contributed by atoms with van der Waals surface area (Å²) in [6, 6.07) is 3.31. The molecule has 1 amide bonds. The lowest BCUT2D eigenvalue weighted by molar-refractivity contribution is -0.231. The van der Waals surface area contributed by atoms with Crippen LogP contribution in [0.15, 0.2) is 41.6 Å². The molecule has 0 aromatic carbocycles. The number of nitrogens with one attached hydrogen (secondary N) is 1. The van der Waals surface area contributed by atoms with Crippen LogP contribution in [-0.2, 0) is 23.9 Å². The molecule has 1 aromatic heterocycles. The van der Waals surface area contributed by atoms with Crippen LogP contribution in [0.1, 0.15) is 146 Å². The molecule has 0 bridgehead atoms. The van der Waals surface area contributed by atoms with E-state index in [1.807, 2.05) is 19.1 Å². The second-order valence-corrected chi connectivity index (χ2v) is 20.0. The molecular formula is C45H65ClN2O6. The largest absolute Gasteiger partial charge is 0.481 e. The first-order valence-electron chi connectivity index (χ1n) is 20.3. The lowest BCUT2D eigenvalue weighted by Gasteiger charge is -2.71. The van der Waals surface area contributed by atoms with Gasteiger partial charge in [-0.1, -0.05) is 71.7 Å². The van der Waals surface area contributed by atoms with Gasteiger partial charge in [0.15, 0.2) is 5.78 Å². The Hall–Kier alpha value is -3.00. The summed E-state index contributed by atoms with van der Waals surface area (Å²) >= 11 is 6.02. The van der Waals surface area contributed by atoms with Crippen molar-refractivity contribution in [1.82, 2.24) is 10.3 Å². The van der Waals surface area contributed by atoms with Crippen molar-refractivity contribution in [2.45, 2.75) is 146 Å². The van der Waals surface area contributed by atoms with Crippen molar-refractivity contribution in [3.05, 3.63) is 52.3 Å². The monoisotopic (exact) mass is 764 g/mol. The number of carboxylic acids is 1. The van der Waals surface area contributed by atoms with E-state index in [0.29, 0.717) is 16.9 Å². The molecule has 2 N–H and O–H groups in total. The number of Topliss-reactive ketones (excluding diaryl/α,β-unsaturated/α-hetero) is 1. The Morgan fingerprint density at radius 3 is 2.22 bits per heavy atom. The Balaban J connectivity index is 1.41. The number of nitrogens with zero attached hydrogens (tertiary/aromatic N) is 1. The van der Waals surface area contributed by atoms with E-state index in [0.717, 1.165) is 62.6 Å². The van der Waals surface area contributed by atoms with Gasteiger partial charge < -0.3 is 15.2 Å². The average Bonchev–Trinajstić information content (AvgIpc) is 3.05. The van der Waals surface area contributed by atoms with Crippen molar-refractivity contribution in [1.29, 1.82) is 0 Å². The van der Waals surface area contributed by atoms with Crippen LogP contribution in [0.4, 0.5) is 0 Å². The van der Waals surface area contributed by atoms with E-state index in [4.69, 9.17) is 16.3 Å². The first-order chi connectivity index (χ1) is 25.0. The summed E-state index contributed by atoms with van der Waals surface area (Å²) in [5.41, 5.74) is 1.51. The Labute approximate surface area is 328 Å². The van der Waals surface area contributed by atoms with Gasteiger partial charge in [-0.15, -0.1) is 0 Å². The molecule has 54 heavy (non-hydrogen) atoms. The van der Waals surface area contributed by atoms with E-state index in [1.165, 1.54) is 5.57 Å². The smallest absolute Gasteiger partial charge is 0.309 e.